The van der Waals surface area contributed by atoms with Gasteiger partial charge in [-0.3, -0.25) is 4.79 Å². The van der Waals surface area contributed by atoms with Gasteiger partial charge >= 0.3 is 0 Å². The molecular weight excluding hydrogens is 347 g/mol. The van der Waals surface area contributed by atoms with Crippen molar-refractivity contribution < 1.29 is 13.9 Å². The van der Waals surface area contributed by atoms with Crippen LogP contribution in [0.2, 0.25) is 0 Å². The molecule has 0 aliphatic rings. The number of hydrogen-bond acceptors (Lipinski definition) is 5. The van der Waals surface area contributed by atoms with Gasteiger partial charge in [-0.1, -0.05) is 24.3 Å². The molecule has 2 N–H and O–H groups in total. The fourth-order valence-corrected chi connectivity index (χ4v) is 2.35. The molecule has 3 aromatic rings. The average Bonchev–Trinajstić information content (AvgIpc) is 2.72. The van der Waals surface area contributed by atoms with Gasteiger partial charge in [0.25, 0.3) is 5.91 Å². The molecule has 3 rings (SSSR count). The number of nitrogens with one attached hydrogen (secondary N) is 2. The normalized spacial score (nSPS) is 10.3. The highest BCUT2D eigenvalue weighted by Gasteiger charge is 2.08. The largest absolute Gasteiger partial charge is 0.497 e. The summed E-state index contributed by atoms with van der Waals surface area (Å²) < 4.78 is 18.0. The number of amides is 1. The first kappa shape index (κ1) is 18.3. The highest BCUT2D eigenvalue weighted by molar-refractivity contribution is 5.91. The first-order valence-electron chi connectivity index (χ1n) is 8.35. The summed E-state index contributed by atoms with van der Waals surface area (Å²) in [6, 6.07) is 13.6. The fraction of sp³-hybridized carbons (Fsp3) is 0.150. The van der Waals surface area contributed by atoms with Crippen molar-refractivity contribution in [1.82, 2.24) is 15.3 Å². The SMILES string of the molecule is COc1ccc(CNc2cnc(C(=O)NCc3ccc(F)cc3)cn2)cc1. The van der Waals surface area contributed by atoms with Crippen LogP contribution in [-0.2, 0) is 13.1 Å². The number of rotatable bonds is 7. The predicted molar refractivity (Wildman–Crippen MR) is 99.9 cm³/mol. The van der Waals surface area contributed by atoms with Crippen molar-refractivity contribution in [2.24, 2.45) is 0 Å². The van der Waals surface area contributed by atoms with Gasteiger partial charge in [0.05, 0.1) is 19.5 Å². The number of nitrogens with zero attached hydrogens (tertiary/aromatic N) is 2. The fourth-order valence-electron chi connectivity index (χ4n) is 2.35. The van der Waals surface area contributed by atoms with E-state index in [-0.39, 0.29) is 24.0 Å². The molecule has 1 aromatic heterocycles. The van der Waals surface area contributed by atoms with Crippen molar-refractivity contribution in [2.75, 3.05) is 12.4 Å². The zero-order valence-corrected chi connectivity index (χ0v) is 14.8. The van der Waals surface area contributed by atoms with Crippen LogP contribution < -0.4 is 15.4 Å². The van der Waals surface area contributed by atoms with E-state index >= 15 is 0 Å². The molecule has 0 fully saturated rings. The predicted octanol–water partition coefficient (Wildman–Crippen LogP) is 3.17. The van der Waals surface area contributed by atoms with Crippen molar-refractivity contribution in [1.29, 1.82) is 0 Å². The minimum absolute atomic E-state index is 0.215. The van der Waals surface area contributed by atoms with Crippen LogP contribution in [0, 0.1) is 5.82 Å². The molecule has 2 aromatic carbocycles. The number of hydrogen-bond donors (Lipinski definition) is 2. The van der Waals surface area contributed by atoms with E-state index in [0.717, 1.165) is 16.9 Å². The summed E-state index contributed by atoms with van der Waals surface area (Å²) >= 11 is 0. The molecular formula is C20H19FN4O2. The second-order valence-electron chi connectivity index (χ2n) is 5.80. The monoisotopic (exact) mass is 366 g/mol. The van der Waals surface area contributed by atoms with E-state index in [1.807, 2.05) is 24.3 Å². The van der Waals surface area contributed by atoms with E-state index in [0.29, 0.717) is 12.4 Å². The van der Waals surface area contributed by atoms with Crippen LogP contribution in [0.3, 0.4) is 0 Å². The molecule has 0 aliphatic carbocycles. The first-order chi connectivity index (χ1) is 13.1. The average molecular weight is 366 g/mol. The molecule has 27 heavy (non-hydrogen) atoms. The van der Waals surface area contributed by atoms with Gasteiger partial charge < -0.3 is 15.4 Å². The number of carbonyl (C=O) groups excluding carboxylic acids is 1. The number of aromatic nitrogens is 2. The second-order valence-corrected chi connectivity index (χ2v) is 5.80. The lowest BCUT2D eigenvalue weighted by Gasteiger charge is -2.08. The zero-order valence-electron chi connectivity index (χ0n) is 14.8. The topological polar surface area (TPSA) is 76.1 Å². The van der Waals surface area contributed by atoms with Crippen molar-refractivity contribution >= 4 is 11.7 Å². The van der Waals surface area contributed by atoms with Gasteiger partial charge in [0.2, 0.25) is 0 Å². The maximum atomic E-state index is 12.9. The number of halogens is 1. The summed E-state index contributed by atoms with van der Waals surface area (Å²) in [5.74, 6) is 0.720. The molecule has 7 heteroatoms. The summed E-state index contributed by atoms with van der Waals surface area (Å²) in [6.45, 7) is 0.868. The van der Waals surface area contributed by atoms with Gasteiger partial charge in [0.1, 0.15) is 23.1 Å². The van der Waals surface area contributed by atoms with Crippen LogP contribution >= 0.6 is 0 Å². The Balaban J connectivity index is 1.51. The molecule has 0 unspecified atom stereocenters. The Hall–Kier alpha value is -3.48. The zero-order chi connectivity index (χ0) is 19.1. The van der Waals surface area contributed by atoms with Gasteiger partial charge in [-0.25, -0.2) is 14.4 Å². The summed E-state index contributed by atoms with van der Waals surface area (Å²) in [5, 5.41) is 5.87. The quantitative estimate of drug-likeness (QED) is 0.672. The van der Waals surface area contributed by atoms with Gasteiger partial charge in [-0.15, -0.1) is 0 Å². The Kier molecular flexibility index (Phi) is 5.94. The third-order valence-corrected chi connectivity index (χ3v) is 3.88. The third kappa shape index (κ3) is 5.24. The Morgan fingerprint density at radius 1 is 0.963 bits per heavy atom. The molecule has 138 valence electrons. The summed E-state index contributed by atoms with van der Waals surface area (Å²) in [7, 11) is 1.63. The Bertz CT molecular complexity index is 881. The highest BCUT2D eigenvalue weighted by atomic mass is 19.1. The molecule has 1 heterocycles. The molecule has 0 radical (unpaired) electrons. The number of methoxy groups -OCH3 is 1. The van der Waals surface area contributed by atoms with Crippen LogP contribution in [0.5, 0.6) is 5.75 Å². The number of anilines is 1. The van der Waals surface area contributed by atoms with Crippen LogP contribution in [0.4, 0.5) is 10.2 Å². The van der Waals surface area contributed by atoms with E-state index in [4.69, 9.17) is 4.74 Å². The summed E-state index contributed by atoms with van der Waals surface area (Å²) in [5.41, 5.74) is 2.08. The van der Waals surface area contributed by atoms with E-state index in [1.165, 1.54) is 24.5 Å². The van der Waals surface area contributed by atoms with Crippen molar-refractivity contribution in [2.45, 2.75) is 13.1 Å². The maximum Gasteiger partial charge on any atom is 0.271 e. The second kappa shape index (κ2) is 8.75. The van der Waals surface area contributed by atoms with Gasteiger partial charge in [0.15, 0.2) is 0 Å². The van der Waals surface area contributed by atoms with Crippen LogP contribution in [0.25, 0.3) is 0 Å². The lowest BCUT2D eigenvalue weighted by molar-refractivity contribution is 0.0945. The molecule has 6 nitrogen and oxygen atoms in total. The van der Waals surface area contributed by atoms with Gasteiger partial charge in [-0.2, -0.15) is 0 Å². The molecule has 0 saturated heterocycles. The lowest BCUT2D eigenvalue weighted by Crippen LogP contribution is -2.24. The Labute approximate surface area is 156 Å². The van der Waals surface area contributed by atoms with Crippen LogP contribution in [0.1, 0.15) is 21.6 Å². The molecule has 0 atom stereocenters. The van der Waals surface area contributed by atoms with Crippen molar-refractivity contribution in [3.8, 4) is 5.75 Å². The van der Waals surface area contributed by atoms with Crippen molar-refractivity contribution in [3.63, 3.8) is 0 Å². The number of benzene rings is 2. The lowest BCUT2D eigenvalue weighted by atomic mass is 10.2. The summed E-state index contributed by atoms with van der Waals surface area (Å²) in [6.07, 6.45) is 2.92. The van der Waals surface area contributed by atoms with E-state index in [2.05, 4.69) is 20.6 Å². The molecule has 0 saturated carbocycles. The molecule has 1 amide bonds. The number of carbonyl (C=O) groups is 1. The van der Waals surface area contributed by atoms with E-state index in [1.54, 1.807) is 19.2 Å². The number of ether oxygens (including phenoxy) is 1. The minimum Gasteiger partial charge on any atom is -0.497 e. The smallest absolute Gasteiger partial charge is 0.271 e. The van der Waals surface area contributed by atoms with E-state index in [9.17, 15) is 9.18 Å². The van der Waals surface area contributed by atoms with Crippen LogP contribution in [-0.4, -0.2) is 23.0 Å². The van der Waals surface area contributed by atoms with Gasteiger partial charge in [0, 0.05) is 13.1 Å². The first-order valence-corrected chi connectivity index (χ1v) is 8.35. The summed E-state index contributed by atoms with van der Waals surface area (Å²) in [4.78, 5) is 20.5. The molecule has 0 aliphatic heterocycles. The van der Waals surface area contributed by atoms with Crippen molar-refractivity contribution in [3.05, 3.63) is 83.6 Å². The maximum absolute atomic E-state index is 12.9. The molecule has 0 spiro atoms. The van der Waals surface area contributed by atoms with Crippen LogP contribution in [0.15, 0.2) is 60.9 Å². The Morgan fingerprint density at radius 2 is 1.63 bits per heavy atom. The Morgan fingerprint density at radius 3 is 2.26 bits per heavy atom. The standard InChI is InChI=1S/C20H19FN4O2/c1-27-17-8-4-15(5-9-17)10-23-19-13-22-18(12-24-19)20(26)25-11-14-2-6-16(21)7-3-14/h2-9,12-13H,10-11H2,1H3,(H,23,24)(H,25,26). The highest BCUT2D eigenvalue weighted by Crippen LogP contribution is 2.12. The van der Waals surface area contributed by atoms with E-state index < -0.39 is 0 Å². The molecule has 0 bridgehead atoms. The third-order valence-electron chi connectivity index (χ3n) is 3.88. The minimum atomic E-state index is -0.339. The van der Waals surface area contributed by atoms with Gasteiger partial charge in [-0.05, 0) is 35.4 Å².